The quantitative estimate of drug-likeness (QED) is 0.457. The van der Waals surface area contributed by atoms with Gasteiger partial charge in [0.05, 0.1) is 5.66 Å². The van der Waals surface area contributed by atoms with E-state index in [1.165, 1.54) is 33.4 Å². The lowest BCUT2D eigenvalue weighted by atomic mass is 9.87. The van der Waals surface area contributed by atoms with Gasteiger partial charge in [-0.2, -0.15) is 0 Å². The van der Waals surface area contributed by atoms with Crippen LogP contribution < -0.4 is 0 Å². The molecule has 3 aromatic carbocycles. The van der Waals surface area contributed by atoms with Crippen LogP contribution in [0.5, 0.6) is 0 Å². The lowest BCUT2D eigenvalue weighted by molar-refractivity contribution is 0.590. The fraction of sp³-hybridized carbons (Fsp3) is 0.182. The maximum atomic E-state index is 11.9. The molecular formula is C22H21OP. The molecule has 0 saturated carbocycles. The summed E-state index contributed by atoms with van der Waals surface area (Å²) in [4.78, 5) is 0. The van der Waals surface area contributed by atoms with Crippen molar-refractivity contribution < 1.29 is 4.57 Å². The molecule has 0 N–H and O–H groups in total. The number of hydrogen-bond acceptors (Lipinski definition) is 1. The zero-order valence-corrected chi connectivity index (χ0v) is 15.0. The average Bonchev–Trinajstić information content (AvgIpc) is 2.64. The SMILES string of the molecule is CCC(P=O)c1c(-c2ccccc2)cc(C)cc1-c1ccccc1. The van der Waals surface area contributed by atoms with Crippen molar-refractivity contribution in [1.82, 2.24) is 0 Å². The van der Waals surface area contributed by atoms with Crippen LogP contribution in [-0.4, -0.2) is 0 Å². The first-order valence-electron chi connectivity index (χ1n) is 8.32. The summed E-state index contributed by atoms with van der Waals surface area (Å²) in [6.07, 6.45) is 0.841. The third-order valence-corrected chi connectivity index (χ3v) is 5.22. The zero-order valence-electron chi connectivity index (χ0n) is 14.1. The van der Waals surface area contributed by atoms with Crippen molar-refractivity contribution >= 4 is 8.46 Å². The second-order valence-electron chi connectivity index (χ2n) is 6.04. The molecule has 0 fully saturated rings. The molecule has 1 atom stereocenters. The van der Waals surface area contributed by atoms with Gasteiger partial charge >= 0.3 is 0 Å². The fourth-order valence-electron chi connectivity index (χ4n) is 3.20. The van der Waals surface area contributed by atoms with Gasteiger partial charge < -0.3 is 0 Å². The van der Waals surface area contributed by atoms with Crippen molar-refractivity contribution in [3.05, 3.63) is 83.9 Å². The molecule has 0 bridgehead atoms. The van der Waals surface area contributed by atoms with E-state index in [0.717, 1.165) is 6.42 Å². The second-order valence-corrected chi connectivity index (χ2v) is 6.87. The molecule has 1 unspecified atom stereocenters. The van der Waals surface area contributed by atoms with Gasteiger partial charge in [-0.05, 0) is 46.7 Å². The number of aryl methyl sites for hydroxylation is 1. The summed E-state index contributed by atoms with van der Waals surface area (Å²) in [5, 5.41) is 0. The summed E-state index contributed by atoms with van der Waals surface area (Å²) in [7, 11) is 0.176. The highest BCUT2D eigenvalue weighted by Crippen LogP contribution is 2.43. The number of rotatable bonds is 5. The van der Waals surface area contributed by atoms with Crippen LogP contribution in [0.25, 0.3) is 22.3 Å². The molecule has 120 valence electrons. The first-order chi connectivity index (χ1) is 11.7. The van der Waals surface area contributed by atoms with Crippen molar-refractivity contribution in [2.24, 2.45) is 0 Å². The summed E-state index contributed by atoms with van der Waals surface area (Å²) in [5.74, 6) is 0. The molecule has 0 aliphatic heterocycles. The van der Waals surface area contributed by atoms with E-state index < -0.39 is 0 Å². The molecule has 0 spiro atoms. The van der Waals surface area contributed by atoms with E-state index in [4.69, 9.17) is 0 Å². The van der Waals surface area contributed by atoms with Crippen molar-refractivity contribution in [2.45, 2.75) is 25.9 Å². The van der Waals surface area contributed by atoms with Crippen molar-refractivity contribution in [2.75, 3.05) is 0 Å². The lowest BCUT2D eigenvalue weighted by Gasteiger charge is -2.20. The maximum absolute atomic E-state index is 11.9. The number of hydrogen-bond donors (Lipinski definition) is 0. The van der Waals surface area contributed by atoms with Crippen LogP contribution in [0.1, 0.15) is 30.1 Å². The average molecular weight is 332 g/mol. The molecule has 0 aliphatic rings. The highest BCUT2D eigenvalue weighted by Gasteiger charge is 2.20. The molecule has 0 heterocycles. The van der Waals surface area contributed by atoms with Crippen molar-refractivity contribution in [3.8, 4) is 22.3 Å². The van der Waals surface area contributed by atoms with Crippen LogP contribution >= 0.6 is 8.46 Å². The van der Waals surface area contributed by atoms with Gasteiger partial charge in [0, 0.05) is 0 Å². The summed E-state index contributed by atoms with van der Waals surface area (Å²) in [6, 6.07) is 25.2. The van der Waals surface area contributed by atoms with E-state index in [-0.39, 0.29) is 14.1 Å². The minimum atomic E-state index is -0.00369. The van der Waals surface area contributed by atoms with Gasteiger partial charge in [0.1, 0.15) is 0 Å². The van der Waals surface area contributed by atoms with Gasteiger partial charge in [-0.3, -0.25) is 4.57 Å². The third kappa shape index (κ3) is 3.32. The molecule has 0 radical (unpaired) electrons. The fourth-order valence-corrected chi connectivity index (χ4v) is 3.73. The van der Waals surface area contributed by atoms with E-state index in [2.05, 4.69) is 74.5 Å². The Labute approximate surface area is 145 Å². The monoisotopic (exact) mass is 332 g/mol. The Morgan fingerprint density at radius 2 is 1.29 bits per heavy atom. The van der Waals surface area contributed by atoms with Gasteiger partial charge in [0.2, 0.25) is 0 Å². The number of benzene rings is 3. The summed E-state index contributed by atoms with van der Waals surface area (Å²) >= 11 is 0. The van der Waals surface area contributed by atoms with Crippen LogP contribution in [0.3, 0.4) is 0 Å². The van der Waals surface area contributed by atoms with Crippen LogP contribution in [0.4, 0.5) is 0 Å². The van der Waals surface area contributed by atoms with Crippen molar-refractivity contribution in [3.63, 3.8) is 0 Å². The molecule has 24 heavy (non-hydrogen) atoms. The topological polar surface area (TPSA) is 17.1 Å². The Kier molecular flexibility index (Phi) is 5.23. The Morgan fingerprint density at radius 1 is 0.833 bits per heavy atom. The van der Waals surface area contributed by atoms with E-state index in [1.54, 1.807) is 0 Å². The molecule has 3 rings (SSSR count). The van der Waals surface area contributed by atoms with E-state index in [9.17, 15) is 4.57 Å². The van der Waals surface area contributed by atoms with Crippen LogP contribution in [0.2, 0.25) is 0 Å². The normalized spacial score (nSPS) is 12.2. The molecule has 0 saturated heterocycles. The molecular weight excluding hydrogens is 311 g/mol. The Bertz CT molecular complexity index is 765. The summed E-state index contributed by atoms with van der Waals surface area (Å²) in [5.41, 5.74) is 7.11. The van der Waals surface area contributed by atoms with Gasteiger partial charge in [-0.15, -0.1) is 0 Å². The van der Waals surface area contributed by atoms with Gasteiger partial charge in [0.25, 0.3) is 0 Å². The van der Waals surface area contributed by atoms with Crippen molar-refractivity contribution in [1.29, 1.82) is 0 Å². The predicted molar refractivity (Wildman–Crippen MR) is 103 cm³/mol. The van der Waals surface area contributed by atoms with Crippen LogP contribution in [0.15, 0.2) is 72.8 Å². The van der Waals surface area contributed by atoms with E-state index in [1.807, 2.05) is 12.1 Å². The Hall–Kier alpha value is -2.24. The van der Waals surface area contributed by atoms with Gasteiger partial charge in [-0.25, -0.2) is 0 Å². The van der Waals surface area contributed by atoms with Crippen LogP contribution in [-0.2, 0) is 4.57 Å². The highest BCUT2D eigenvalue weighted by molar-refractivity contribution is 7.24. The summed E-state index contributed by atoms with van der Waals surface area (Å²) < 4.78 is 11.9. The molecule has 0 amide bonds. The minimum Gasteiger partial charge on any atom is -0.274 e. The summed E-state index contributed by atoms with van der Waals surface area (Å²) in [6.45, 7) is 4.22. The van der Waals surface area contributed by atoms with E-state index >= 15 is 0 Å². The molecule has 0 aromatic heterocycles. The predicted octanol–water partition coefficient (Wildman–Crippen LogP) is 7.07. The highest BCUT2D eigenvalue weighted by atomic mass is 31.1. The zero-order chi connectivity index (χ0) is 16.9. The van der Waals surface area contributed by atoms with Gasteiger partial charge in [0.15, 0.2) is 8.46 Å². The minimum absolute atomic E-state index is 0.00369. The standard InChI is InChI=1S/C22H21OP/c1-3-21(24-23)22-19(17-10-6-4-7-11-17)14-16(2)15-20(22)18-12-8-5-9-13-18/h4-15,21H,3H2,1-2H3. The van der Waals surface area contributed by atoms with E-state index in [0.29, 0.717) is 0 Å². The molecule has 2 heteroatoms. The third-order valence-electron chi connectivity index (χ3n) is 4.34. The van der Waals surface area contributed by atoms with Gasteiger partial charge in [-0.1, -0.05) is 79.7 Å². The lowest BCUT2D eigenvalue weighted by Crippen LogP contribution is -1.99. The molecule has 1 nitrogen and oxygen atoms in total. The smallest absolute Gasteiger partial charge is 0.163 e. The second kappa shape index (κ2) is 7.55. The Balaban J connectivity index is 2.33. The molecule has 0 aliphatic carbocycles. The Morgan fingerprint density at radius 3 is 1.67 bits per heavy atom. The first-order valence-corrected chi connectivity index (χ1v) is 9.20. The molecule has 3 aromatic rings. The largest absolute Gasteiger partial charge is 0.274 e. The first kappa shape index (κ1) is 16.6. The van der Waals surface area contributed by atoms with Crippen LogP contribution in [0, 0.1) is 6.92 Å². The maximum Gasteiger partial charge on any atom is 0.163 e.